The molecular formula is C20H25N3O3. The summed E-state index contributed by atoms with van der Waals surface area (Å²) in [6.07, 6.45) is 0. The van der Waals surface area contributed by atoms with Gasteiger partial charge in [-0.3, -0.25) is 4.79 Å². The van der Waals surface area contributed by atoms with Gasteiger partial charge in [0.2, 0.25) is 0 Å². The van der Waals surface area contributed by atoms with Gasteiger partial charge in [-0.2, -0.15) is 0 Å². The van der Waals surface area contributed by atoms with Crippen LogP contribution in [0.2, 0.25) is 0 Å². The first kappa shape index (κ1) is 19.5. The summed E-state index contributed by atoms with van der Waals surface area (Å²) in [5.41, 5.74) is 2.68. The van der Waals surface area contributed by atoms with Crippen LogP contribution in [0.25, 0.3) is 0 Å². The molecular weight excluding hydrogens is 330 g/mol. The Kier molecular flexibility index (Phi) is 8.15. The number of nitrogens with one attached hydrogen (secondary N) is 3. The Bertz CT molecular complexity index is 704. The number of benzene rings is 2. The molecule has 138 valence electrons. The highest BCUT2D eigenvalue weighted by atomic mass is 16.5. The van der Waals surface area contributed by atoms with Crippen molar-refractivity contribution in [1.29, 1.82) is 0 Å². The minimum atomic E-state index is -0.273. The topological polar surface area (TPSA) is 79.5 Å². The van der Waals surface area contributed by atoms with E-state index in [0.29, 0.717) is 38.4 Å². The van der Waals surface area contributed by atoms with E-state index in [1.54, 1.807) is 12.1 Å². The van der Waals surface area contributed by atoms with E-state index in [1.165, 1.54) is 0 Å². The first-order valence-corrected chi connectivity index (χ1v) is 8.70. The van der Waals surface area contributed by atoms with Crippen LogP contribution in [0.3, 0.4) is 0 Å². The van der Waals surface area contributed by atoms with Crippen LogP contribution in [-0.2, 0) is 17.9 Å². The molecule has 2 aromatic rings. The van der Waals surface area contributed by atoms with Gasteiger partial charge >= 0.3 is 6.03 Å². The largest absolute Gasteiger partial charge is 0.377 e. The van der Waals surface area contributed by atoms with Crippen LogP contribution in [0.4, 0.5) is 4.79 Å². The molecule has 0 fully saturated rings. The lowest BCUT2D eigenvalue weighted by molar-refractivity contribution is 0.0954. The molecule has 2 aromatic carbocycles. The Morgan fingerprint density at radius 2 is 1.50 bits per heavy atom. The number of urea groups is 1. The Labute approximate surface area is 153 Å². The summed E-state index contributed by atoms with van der Waals surface area (Å²) in [6, 6.07) is 16.5. The van der Waals surface area contributed by atoms with Crippen LogP contribution < -0.4 is 16.0 Å². The minimum absolute atomic E-state index is 0.155. The van der Waals surface area contributed by atoms with Gasteiger partial charge in [0.25, 0.3) is 5.91 Å². The molecule has 0 spiro atoms. The maximum absolute atomic E-state index is 11.9. The van der Waals surface area contributed by atoms with Gasteiger partial charge in [0.15, 0.2) is 0 Å². The zero-order valence-electron chi connectivity index (χ0n) is 15.0. The van der Waals surface area contributed by atoms with E-state index in [4.69, 9.17) is 4.74 Å². The number of hydrogen-bond donors (Lipinski definition) is 3. The van der Waals surface area contributed by atoms with E-state index in [1.807, 2.05) is 49.4 Å². The molecule has 0 saturated carbocycles. The summed E-state index contributed by atoms with van der Waals surface area (Å²) in [6.45, 7) is 4.27. The molecule has 0 unspecified atom stereocenters. The van der Waals surface area contributed by atoms with Crippen molar-refractivity contribution in [3.05, 3.63) is 71.3 Å². The number of hydrogen-bond acceptors (Lipinski definition) is 3. The number of carbonyl (C=O) groups is 2. The highest BCUT2D eigenvalue weighted by Crippen LogP contribution is 2.09. The molecule has 0 radical (unpaired) electrons. The van der Waals surface area contributed by atoms with E-state index in [9.17, 15) is 9.59 Å². The van der Waals surface area contributed by atoms with Gasteiger partial charge in [0.1, 0.15) is 0 Å². The monoisotopic (exact) mass is 355 g/mol. The van der Waals surface area contributed by atoms with E-state index >= 15 is 0 Å². The van der Waals surface area contributed by atoms with E-state index in [-0.39, 0.29) is 11.9 Å². The highest BCUT2D eigenvalue weighted by molar-refractivity contribution is 5.94. The molecule has 0 aliphatic rings. The second-order valence-corrected chi connectivity index (χ2v) is 5.64. The van der Waals surface area contributed by atoms with Gasteiger partial charge in [-0.25, -0.2) is 4.79 Å². The lowest BCUT2D eigenvalue weighted by Crippen LogP contribution is -2.40. The Morgan fingerprint density at radius 3 is 2.23 bits per heavy atom. The smallest absolute Gasteiger partial charge is 0.315 e. The van der Waals surface area contributed by atoms with Crippen molar-refractivity contribution in [1.82, 2.24) is 16.0 Å². The molecule has 2 rings (SSSR count). The zero-order valence-corrected chi connectivity index (χ0v) is 15.0. The van der Waals surface area contributed by atoms with Gasteiger partial charge in [0, 0.05) is 31.8 Å². The average Bonchev–Trinajstić information content (AvgIpc) is 2.69. The number of amides is 3. The average molecular weight is 355 g/mol. The molecule has 0 atom stereocenters. The van der Waals surface area contributed by atoms with Gasteiger partial charge in [-0.15, -0.1) is 0 Å². The van der Waals surface area contributed by atoms with Crippen molar-refractivity contribution < 1.29 is 14.3 Å². The summed E-state index contributed by atoms with van der Waals surface area (Å²) in [5.74, 6) is -0.155. The van der Waals surface area contributed by atoms with Crippen molar-refractivity contribution in [2.45, 2.75) is 20.1 Å². The fourth-order valence-electron chi connectivity index (χ4n) is 2.36. The summed E-state index contributed by atoms with van der Waals surface area (Å²) >= 11 is 0. The lowest BCUT2D eigenvalue weighted by atomic mass is 10.1. The molecule has 0 aliphatic heterocycles. The van der Waals surface area contributed by atoms with Crippen LogP contribution in [0.5, 0.6) is 0 Å². The third-order valence-electron chi connectivity index (χ3n) is 3.75. The molecule has 3 N–H and O–H groups in total. The molecule has 6 heteroatoms. The number of carbonyl (C=O) groups excluding carboxylic acids is 2. The molecule has 0 saturated heterocycles. The van der Waals surface area contributed by atoms with Crippen molar-refractivity contribution >= 4 is 11.9 Å². The molecule has 0 bridgehead atoms. The predicted molar refractivity (Wildman–Crippen MR) is 101 cm³/mol. The van der Waals surface area contributed by atoms with Crippen LogP contribution >= 0.6 is 0 Å². The van der Waals surface area contributed by atoms with Crippen LogP contribution in [0, 0.1) is 0 Å². The summed E-state index contributed by atoms with van der Waals surface area (Å²) in [5, 5.41) is 8.31. The first-order chi connectivity index (χ1) is 12.7. The SMILES string of the molecule is CCOCc1ccccc1CNC(=O)NCCNC(=O)c1ccccc1. The van der Waals surface area contributed by atoms with Crippen LogP contribution in [0.1, 0.15) is 28.4 Å². The standard InChI is InChI=1S/C20H25N3O3/c1-2-26-15-18-11-7-6-10-17(18)14-23-20(25)22-13-12-21-19(24)16-8-4-3-5-9-16/h3-11H,2,12-15H2,1H3,(H,21,24)(H2,22,23,25). The van der Waals surface area contributed by atoms with Gasteiger partial charge in [-0.1, -0.05) is 42.5 Å². The molecule has 26 heavy (non-hydrogen) atoms. The molecule has 3 amide bonds. The van der Waals surface area contributed by atoms with Crippen molar-refractivity contribution in [3.63, 3.8) is 0 Å². The van der Waals surface area contributed by atoms with E-state index < -0.39 is 0 Å². The third kappa shape index (κ3) is 6.57. The molecule has 6 nitrogen and oxygen atoms in total. The molecule has 0 heterocycles. The maximum Gasteiger partial charge on any atom is 0.315 e. The quantitative estimate of drug-likeness (QED) is 0.605. The number of rotatable bonds is 9. The van der Waals surface area contributed by atoms with Crippen molar-refractivity contribution in [2.24, 2.45) is 0 Å². The highest BCUT2D eigenvalue weighted by Gasteiger charge is 2.06. The van der Waals surface area contributed by atoms with Gasteiger partial charge in [-0.05, 0) is 30.2 Å². The second-order valence-electron chi connectivity index (χ2n) is 5.64. The first-order valence-electron chi connectivity index (χ1n) is 8.70. The zero-order chi connectivity index (χ0) is 18.6. The van der Waals surface area contributed by atoms with Crippen molar-refractivity contribution in [3.8, 4) is 0 Å². The van der Waals surface area contributed by atoms with Crippen LogP contribution in [0.15, 0.2) is 54.6 Å². The third-order valence-corrected chi connectivity index (χ3v) is 3.75. The fraction of sp³-hybridized carbons (Fsp3) is 0.300. The normalized spacial score (nSPS) is 10.2. The van der Waals surface area contributed by atoms with Crippen molar-refractivity contribution in [2.75, 3.05) is 19.7 Å². The van der Waals surface area contributed by atoms with E-state index in [0.717, 1.165) is 11.1 Å². The van der Waals surface area contributed by atoms with Crippen LogP contribution in [-0.4, -0.2) is 31.6 Å². The van der Waals surface area contributed by atoms with Gasteiger partial charge in [0.05, 0.1) is 6.61 Å². The maximum atomic E-state index is 11.9. The molecule has 0 aliphatic carbocycles. The number of ether oxygens (including phenoxy) is 1. The molecule has 0 aromatic heterocycles. The van der Waals surface area contributed by atoms with Gasteiger partial charge < -0.3 is 20.7 Å². The van der Waals surface area contributed by atoms with E-state index in [2.05, 4.69) is 16.0 Å². The summed E-state index contributed by atoms with van der Waals surface area (Å²) in [4.78, 5) is 23.8. The summed E-state index contributed by atoms with van der Waals surface area (Å²) < 4.78 is 5.44. The minimum Gasteiger partial charge on any atom is -0.377 e. The fourth-order valence-corrected chi connectivity index (χ4v) is 2.36. The Balaban J connectivity index is 1.67. The Morgan fingerprint density at radius 1 is 0.846 bits per heavy atom. The summed E-state index contributed by atoms with van der Waals surface area (Å²) in [7, 11) is 0. The Hall–Kier alpha value is -2.86. The lowest BCUT2D eigenvalue weighted by Gasteiger charge is -2.12. The second kappa shape index (κ2) is 10.9. The predicted octanol–water partition coefficient (Wildman–Crippen LogP) is 2.45.